The van der Waals surface area contributed by atoms with Gasteiger partial charge in [-0.2, -0.15) is 0 Å². The molecule has 0 spiro atoms. The van der Waals surface area contributed by atoms with Crippen molar-refractivity contribution in [2.24, 2.45) is 0 Å². The first-order valence-corrected chi connectivity index (χ1v) is 4.85. The number of hydrogen-bond donors (Lipinski definition) is 1. The number of hydrogen-bond acceptors (Lipinski definition) is 4. The van der Waals surface area contributed by atoms with Crippen LogP contribution in [0.3, 0.4) is 0 Å². The summed E-state index contributed by atoms with van der Waals surface area (Å²) in [4.78, 5) is 12.1. The minimum Gasteiger partial charge on any atom is -0.382 e. The summed E-state index contributed by atoms with van der Waals surface area (Å²) in [5.41, 5.74) is 15.7. The van der Waals surface area contributed by atoms with Gasteiger partial charge in [0, 0.05) is 13.1 Å². The Morgan fingerprint density at radius 1 is 1.27 bits per heavy atom. The summed E-state index contributed by atoms with van der Waals surface area (Å²) in [6.07, 6.45) is 4.81. The largest absolute Gasteiger partial charge is 0.382 e. The number of nitrogen functional groups attached to an aromatic ring is 1. The lowest BCUT2D eigenvalue weighted by Crippen LogP contribution is -2.00. The van der Waals surface area contributed by atoms with Gasteiger partial charge in [0.15, 0.2) is 11.5 Å². The maximum Gasteiger partial charge on any atom is 0.165 e. The molecule has 0 aliphatic rings. The molecule has 2 radical (unpaired) electrons. The average Bonchev–Trinajstić information content (AvgIpc) is 2.64. The Hall–Kier alpha value is -1.69. The second-order valence-corrected chi connectivity index (χ2v) is 3.30. The Morgan fingerprint density at radius 3 is 2.93 bits per heavy atom. The van der Waals surface area contributed by atoms with Gasteiger partial charge in [-0.05, 0) is 12.8 Å². The number of nitrogens with two attached hydrogens (primary N) is 1. The van der Waals surface area contributed by atoms with Crippen LogP contribution < -0.4 is 11.5 Å². The van der Waals surface area contributed by atoms with Crippen molar-refractivity contribution in [2.75, 3.05) is 12.3 Å². The number of anilines is 1. The molecule has 2 heterocycles. The molecule has 2 aromatic heterocycles. The van der Waals surface area contributed by atoms with Crippen molar-refractivity contribution in [3.63, 3.8) is 0 Å². The van der Waals surface area contributed by atoms with E-state index in [1.165, 1.54) is 6.33 Å². The Morgan fingerprint density at radius 2 is 2.13 bits per heavy atom. The first-order valence-electron chi connectivity index (χ1n) is 4.85. The minimum atomic E-state index is 0.212. The molecule has 0 atom stereocenters. The van der Waals surface area contributed by atoms with Crippen molar-refractivity contribution in [2.45, 2.75) is 19.4 Å². The fourth-order valence-electron chi connectivity index (χ4n) is 1.46. The highest BCUT2D eigenvalue weighted by Gasteiger charge is 2.06. The van der Waals surface area contributed by atoms with Gasteiger partial charge in [-0.3, -0.25) is 0 Å². The van der Waals surface area contributed by atoms with Crippen molar-refractivity contribution >= 4 is 17.0 Å². The summed E-state index contributed by atoms with van der Waals surface area (Å²) in [5, 5.41) is 0. The highest BCUT2D eigenvalue weighted by Crippen LogP contribution is 2.14. The van der Waals surface area contributed by atoms with Gasteiger partial charge in [0.25, 0.3) is 0 Å². The number of aryl methyl sites for hydroxylation is 1. The van der Waals surface area contributed by atoms with Crippen LogP contribution >= 0.6 is 0 Å². The molecule has 0 amide bonds. The van der Waals surface area contributed by atoms with Crippen molar-refractivity contribution in [1.82, 2.24) is 25.3 Å². The fraction of sp³-hybridized carbons (Fsp3) is 0.444. The van der Waals surface area contributed by atoms with E-state index in [0.717, 1.165) is 25.0 Å². The van der Waals surface area contributed by atoms with E-state index in [1.807, 2.05) is 4.57 Å². The topological polar surface area (TPSA) is 91.9 Å². The molecule has 6 heteroatoms. The van der Waals surface area contributed by atoms with E-state index in [-0.39, 0.29) is 6.54 Å². The summed E-state index contributed by atoms with van der Waals surface area (Å²) in [6, 6.07) is 0. The lowest BCUT2D eigenvalue weighted by atomic mass is 10.3. The van der Waals surface area contributed by atoms with Crippen LogP contribution in [-0.4, -0.2) is 26.1 Å². The van der Waals surface area contributed by atoms with E-state index in [4.69, 9.17) is 11.5 Å². The minimum absolute atomic E-state index is 0.212. The molecule has 0 fully saturated rings. The predicted molar refractivity (Wildman–Crippen MR) is 56.0 cm³/mol. The monoisotopic (exact) mass is 204 g/mol. The molecule has 2 rings (SSSR count). The molecular weight excluding hydrogens is 192 g/mol. The van der Waals surface area contributed by atoms with E-state index >= 15 is 0 Å². The maximum absolute atomic E-state index is 8.68. The zero-order valence-corrected chi connectivity index (χ0v) is 8.30. The van der Waals surface area contributed by atoms with Crippen LogP contribution in [0.1, 0.15) is 12.8 Å². The van der Waals surface area contributed by atoms with E-state index in [1.54, 1.807) is 6.33 Å². The SMILES string of the molecule is [N]CCCCn1cnc2c(N)ncnc21. The zero-order chi connectivity index (χ0) is 10.7. The van der Waals surface area contributed by atoms with E-state index in [0.29, 0.717) is 11.3 Å². The van der Waals surface area contributed by atoms with Crippen molar-refractivity contribution in [3.05, 3.63) is 12.7 Å². The van der Waals surface area contributed by atoms with Crippen LogP contribution in [0.2, 0.25) is 0 Å². The summed E-state index contributed by atoms with van der Waals surface area (Å²) in [5.74, 6) is 0.404. The molecule has 78 valence electrons. The first kappa shape index (κ1) is 9.85. The van der Waals surface area contributed by atoms with E-state index in [9.17, 15) is 0 Å². The van der Waals surface area contributed by atoms with E-state index in [2.05, 4.69) is 15.0 Å². The van der Waals surface area contributed by atoms with Gasteiger partial charge in [-0.25, -0.2) is 15.0 Å². The molecule has 2 aromatic rings. The second-order valence-electron chi connectivity index (χ2n) is 3.30. The van der Waals surface area contributed by atoms with Crippen LogP contribution in [-0.2, 0) is 6.54 Å². The van der Waals surface area contributed by atoms with Crippen molar-refractivity contribution in [1.29, 1.82) is 0 Å². The van der Waals surface area contributed by atoms with Crippen LogP contribution in [0.15, 0.2) is 12.7 Å². The molecule has 0 unspecified atom stereocenters. The first-order chi connectivity index (χ1) is 7.33. The third kappa shape index (κ3) is 1.89. The summed E-state index contributed by atoms with van der Waals surface area (Å²) >= 11 is 0. The Bertz CT molecular complexity index is 449. The molecule has 15 heavy (non-hydrogen) atoms. The Kier molecular flexibility index (Phi) is 2.77. The summed E-state index contributed by atoms with van der Waals surface area (Å²) in [6.45, 7) is 0.997. The van der Waals surface area contributed by atoms with Gasteiger partial charge in [-0.15, -0.1) is 5.73 Å². The van der Waals surface area contributed by atoms with Gasteiger partial charge in [-0.1, -0.05) is 0 Å². The normalized spacial score (nSPS) is 11.0. The molecule has 6 nitrogen and oxygen atoms in total. The Labute approximate surface area is 87.3 Å². The summed E-state index contributed by atoms with van der Waals surface area (Å²) < 4.78 is 1.92. The van der Waals surface area contributed by atoms with Crippen molar-refractivity contribution in [3.8, 4) is 0 Å². The smallest absolute Gasteiger partial charge is 0.165 e. The number of aromatic nitrogens is 4. The van der Waals surface area contributed by atoms with Gasteiger partial charge < -0.3 is 10.3 Å². The number of unbranched alkanes of at least 4 members (excludes halogenated alkanes) is 1. The molecule has 2 N–H and O–H groups in total. The third-order valence-electron chi connectivity index (χ3n) is 2.24. The molecule has 0 bridgehead atoms. The predicted octanol–water partition coefficient (Wildman–Crippen LogP) is 0.257. The maximum atomic E-state index is 8.68. The quantitative estimate of drug-likeness (QED) is 0.723. The molecule has 0 saturated carbocycles. The number of fused-ring (bicyclic) bond motifs is 1. The molecular formula is C9H12N6. The van der Waals surface area contributed by atoms with Crippen molar-refractivity contribution < 1.29 is 0 Å². The van der Waals surface area contributed by atoms with Gasteiger partial charge in [0.2, 0.25) is 0 Å². The van der Waals surface area contributed by atoms with E-state index < -0.39 is 0 Å². The molecule has 0 aromatic carbocycles. The lowest BCUT2D eigenvalue weighted by Gasteiger charge is -2.01. The fourth-order valence-corrected chi connectivity index (χ4v) is 1.46. The van der Waals surface area contributed by atoms with Crippen LogP contribution in [0, 0.1) is 0 Å². The van der Waals surface area contributed by atoms with Crippen LogP contribution in [0.4, 0.5) is 5.82 Å². The third-order valence-corrected chi connectivity index (χ3v) is 2.24. The highest BCUT2D eigenvalue weighted by molar-refractivity contribution is 5.80. The standard InChI is InChI=1S/C9H12N6/c10-3-1-2-4-15-6-14-7-8(11)12-5-13-9(7)15/h5-6H,1-4H2,(H2,11,12,13). The average molecular weight is 204 g/mol. The summed E-state index contributed by atoms with van der Waals surface area (Å²) in [7, 11) is 0. The number of imidazole rings is 1. The van der Waals surface area contributed by atoms with Gasteiger partial charge >= 0.3 is 0 Å². The lowest BCUT2D eigenvalue weighted by molar-refractivity contribution is 0.620. The number of nitrogens with zero attached hydrogens (tertiary/aromatic N) is 5. The number of rotatable bonds is 4. The highest BCUT2D eigenvalue weighted by atomic mass is 15.1. The van der Waals surface area contributed by atoms with Gasteiger partial charge in [0.1, 0.15) is 11.8 Å². The van der Waals surface area contributed by atoms with Gasteiger partial charge in [0.05, 0.1) is 6.33 Å². The molecule has 0 saturated heterocycles. The molecule has 0 aliphatic heterocycles. The van der Waals surface area contributed by atoms with Crippen LogP contribution in [0.25, 0.3) is 11.2 Å². The van der Waals surface area contributed by atoms with Crippen LogP contribution in [0.5, 0.6) is 0 Å². The zero-order valence-electron chi connectivity index (χ0n) is 8.30. The molecule has 0 aliphatic carbocycles. The Balaban J connectivity index is 2.25. The second kappa shape index (κ2) is 4.22.